The van der Waals surface area contributed by atoms with Crippen LogP contribution in [0.15, 0.2) is 119 Å². The van der Waals surface area contributed by atoms with Gasteiger partial charge in [0.15, 0.2) is 11.8 Å². The summed E-state index contributed by atoms with van der Waals surface area (Å²) in [6.07, 6.45) is -4.25. The molecule has 0 fully saturated rings. The van der Waals surface area contributed by atoms with E-state index in [4.69, 9.17) is 9.26 Å². The molecule has 0 aliphatic carbocycles. The number of halogens is 3. The van der Waals surface area contributed by atoms with E-state index in [2.05, 4.69) is 15.8 Å². The van der Waals surface area contributed by atoms with Crippen LogP contribution in [-0.4, -0.2) is 67.5 Å². The predicted molar refractivity (Wildman–Crippen MR) is 205 cm³/mol. The molecule has 16 heteroatoms. The van der Waals surface area contributed by atoms with Crippen molar-refractivity contribution in [2.75, 3.05) is 20.3 Å². The molecule has 0 bridgehead atoms. The average molecular weight is 813 g/mol. The van der Waals surface area contributed by atoms with Gasteiger partial charge in [-0.3, -0.25) is 4.79 Å². The Balaban J connectivity index is 1.50. The molecule has 3 atom stereocenters. The number of aromatic nitrogens is 1. The summed E-state index contributed by atoms with van der Waals surface area (Å²) in [7, 11) is -3.25. The van der Waals surface area contributed by atoms with E-state index in [1.54, 1.807) is 78.9 Å². The zero-order valence-electron chi connectivity index (χ0n) is 31.1. The van der Waals surface area contributed by atoms with Crippen LogP contribution in [0.4, 0.5) is 18.0 Å². The number of aliphatic hydroxyl groups excluding tert-OH is 1. The van der Waals surface area contributed by atoms with Gasteiger partial charge in [-0.15, -0.1) is 11.3 Å². The maximum absolute atomic E-state index is 15.0. The van der Waals surface area contributed by atoms with Crippen LogP contribution in [-0.2, 0) is 19.6 Å². The number of sulfonamides is 1. The van der Waals surface area contributed by atoms with Crippen molar-refractivity contribution in [2.24, 2.45) is 5.41 Å². The first-order valence-corrected chi connectivity index (χ1v) is 19.8. The Morgan fingerprint density at radius 3 is 1.96 bits per heavy atom. The van der Waals surface area contributed by atoms with E-state index >= 15 is 0 Å². The van der Waals surface area contributed by atoms with E-state index in [9.17, 15) is 36.3 Å². The highest BCUT2D eigenvalue weighted by Gasteiger charge is 2.46. The topological polar surface area (TPSA) is 151 Å². The maximum atomic E-state index is 15.0. The number of hydrogen-bond donors (Lipinski definition) is 3. The Morgan fingerprint density at radius 2 is 1.46 bits per heavy atom. The van der Waals surface area contributed by atoms with Crippen molar-refractivity contribution >= 4 is 33.4 Å². The Labute approximate surface area is 327 Å². The number of alkyl halides is 3. The van der Waals surface area contributed by atoms with Gasteiger partial charge in [0.25, 0.3) is 0 Å². The number of carbonyl (C=O) groups is 2. The highest BCUT2D eigenvalue weighted by atomic mass is 32.2. The van der Waals surface area contributed by atoms with Crippen LogP contribution in [0.3, 0.4) is 0 Å². The first kappa shape index (κ1) is 42.1. The Hall–Kier alpha value is -5.03. The molecule has 0 unspecified atom stereocenters. The van der Waals surface area contributed by atoms with E-state index in [0.29, 0.717) is 40.2 Å². The van der Waals surface area contributed by atoms with Crippen LogP contribution in [0.2, 0.25) is 0 Å². The predicted octanol–water partition coefficient (Wildman–Crippen LogP) is 7.84. The van der Waals surface area contributed by atoms with E-state index in [1.165, 1.54) is 24.4 Å². The number of nitrogens with zero attached hydrogens (tertiary/aromatic N) is 2. The number of benzene rings is 3. The summed E-state index contributed by atoms with van der Waals surface area (Å²) in [5, 5.41) is 18.9. The molecule has 2 amide bonds. The molecule has 0 saturated carbocycles. The lowest BCUT2D eigenvalue weighted by Gasteiger charge is -2.32. The van der Waals surface area contributed by atoms with Crippen molar-refractivity contribution in [3.63, 3.8) is 0 Å². The molecule has 56 heavy (non-hydrogen) atoms. The molecular weight excluding hydrogens is 770 g/mol. The molecule has 11 nitrogen and oxygen atoms in total. The zero-order chi connectivity index (χ0) is 40.7. The number of hydrogen-bond acceptors (Lipinski definition) is 9. The smallest absolute Gasteiger partial charge is 0.413 e. The fourth-order valence-electron chi connectivity index (χ4n) is 6.14. The number of alkyl carbamates (subject to hydrolysis) is 1. The summed E-state index contributed by atoms with van der Waals surface area (Å²) in [5.74, 6) is -1.64. The van der Waals surface area contributed by atoms with Gasteiger partial charge < -0.3 is 25.0 Å². The molecule has 0 aliphatic heterocycles. The van der Waals surface area contributed by atoms with Crippen molar-refractivity contribution in [1.82, 2.24) is 20.1 Å². The zero-order valence-corrected chi connectivity index (χ0v) is 32.7. The molecule has 0 radical (unpaired) electrons. The number of thiophene rings is 1. The molecule has 2 aromatic heterocycles. The minimum atomic E-state index is -5.03. The van der Waals surface area contributed by atoms with Gasteiger partial charge in [-0.1, -0.05) is 86.6 Å². The van der Waals surface area contributed by atoms with Gasteiger partial charge in [-0.25, -0.2) is 13.2 Å². The third-order valence-corrected chi connectivity index (χ3v) is 12.2. The normalized spacial score (nSPS) is 14.0. The summed E-state index contributed by atoms with van der Waals surface area (Å²) in [4.78, 5) is 26.3. The molecule has 298 valence electrons. The van der Waals surface area contributed by atoms with Crippen molar-refractivity contribution in [3.8, 4) is 11.3 Å². The van der Waals surface area contributed by atoms with Crippen LogP contribution in [0.25, 0.3) is 11.3 Å². The van der Waals surface area contributed by atoms with Gasteiger partial charge in [-0.2, -0.15) is 17.5 Å². The number of rotatable bonds is 15. The summed E-state index contributed by atoms with van der Waals surface area (Å²) >= 11 is 0.615. The summed E-state index contributed by atoms with van der Waals surface area (Å²) in [6, 6.07) is 21.7. The van der Waals surface area contributed by atoms with Crippen molar-refractivity contribution in [2.45, 2.75) is 62.3 Å². The Bertz CT molecular complexity index is 2100. The third kappa shape index (κ3) is 10.2. The first-order chi connectivity index (χ1) is 26.5. The largest absolute Gasteiger partial charge is 0.453 e. The number of ether oxygens (including phenoxy) is 1. The fraction of sp³-hybridized carbons (Fsp3) is 0.325. The SMILES string of the molecule is COC(=O)N[C@H](C(=O)N[C@H](c1ccc([C@@H](CO)N(CCC(C)(C)C)S(=O)(=O)c2ccc(-c3ccno3)cc2)s1)C(F)(F)F)C(c1ccccc1)c1ccccc1. The van der Waals surface area contributed by atoms with Gasteiger partial charge in [0.05, 0.1) is 30.9 Å². The van der Waals surface area contributed by atoms with Crippen LogP contribution in [0.5, 0.6) is 0 Å². The lowest BCUT2D eigenvalue weighted by Crippen LogP contribution is -2.52. The Morgan fingerprint density at radius 1 is 0.875 bits per heavy atom. The molecule has 0 aliphatic rings. The molecule has 5 aromatic rings. The second-order valence-corrected chi connectivity index (χ2v) is 17.2. The minimum Gasteiger partial charge on any atom is -0.453 e. The molecule has 2 heterocycles. The molecule has 3 aromatic carbocycles. The summed E-state index contributed by atoms with van der Waals surface area (Å²) in [6.45, 7) is 4.94. The minimum absolute atomic E-state index is 0.0607. The van der Waals surface area contributed by atoms with Crippen molar-refractivity contribution in [3.05, 3.63) is 130 Å². The van der Waals surface area contributed by atoms with E-state index in [1.807, 2.05) is 20.8 Å². The second kappa shape index (κ2) is 17.8. The lowest BCUT2D eigenvalue weighted by atomic mass is 9.84. The standard InChI is InChI=1S/C40H43F3N4O7S2/c1-39(2,3)22-24-47(56(51,52)29-17-15-26(16-18-29)31-21-23-44-54-31)30(25-48)32-19-20-33(55-32)36(40(41,42)43)46-37(49)35(45-38(50)53-4)34(27-11-7-5-8-12-27)28-13-9-6-10-14-28/h5-21,23,30,34-36,48H,22,24-25H2,1-4H3,(H,45,50)(H,46,49)/t30-,35+,36-/m1/s1. The summed E-state index contributed by atoms with van der Waals surface area (Å²) in [5.41, 5.74) is 1.33. The van der Waals surface area contributed by atoms with Crippen LogP contribution in [0.1, 0.15) is 66.1 Å². The van der Waals surface area contributed by atoms with E-state index in [0.717, 1.165) is 17.5 Å². The number of carbonyl (C=O) groups excluding carboxylic acids is 2. The van der Waals surface area contributed by atoms with Crippen LogP contribution < -0.4 is 10.6 Å². The van der Waals surface area contributed by atoms with Gasteiger partial charge in [-0.05, 0) is 59.4 Å². The molecular formula is C40H43F3N4O7S2. The fourth-order valence-corrected chi connectivity index (χ4v) is 8.99. The number of amides is 2. The van der Waals surface area contributed by atoms with Crippen LogP contribution >= 0.6 is 11.3 Å². The van der Waals surface area contributed by atoms with E-state index < -0.39 is 58.9 Å². The van der Waals surface area contributed by atoms with Gasteiger partial charge in [0.1, 0.15) is 6.04 Å². The first-order valence-electron chi connectivity index (χ1n) is 17.6. The quantitative estimate of drug-likeness (QED) is 0.0968. The maximum Gasteiger partial charge on any atom is 0.413 e. The highest BCUT2D eigenvalue weighted by Crippen LogP contribution is 2.41. The van der Waals surface area contributed by atoms with Gasteiger partial charge in [0.2, 0.25) is 15.9 Å². The van der Waals surface area contributed by atoms with Crippen LogP contribution in [0, 0.1) is 5.41 Å². The molecule has 5 rings (SSSR count). The van der Waals surface area contributed by atoms with Gasteiger partial charge in [0, 0.05) is 33.8 Å². The molecule has 3 N–H and O–H groups in total. The van der Waals surface area contributed by atoms with E-state index in [-0.39, 0.29) is 26.6 Å². The van der Waals surface area contributed by atoms with Crippen molar-refractivity contribution in [1.29, 1.82) is 0 Å². The Kier molecular flexibility index (Phi) is 13.4. The average Bonchev–Trinajstić information content (AvgIpc) is 3.89. The molecule has 0 saturated heterocycles. The highest BCUT2D eigenvalue weighted by molar-refractivity contribution is 7.89. The number of methoxy groups -OCH3 is 1. The second-order valence-electron chi connectivity index (χ2n) is 14.2. The molecule has 0 spiro atoms. The number of nitrogens with one attached hydrogen (secondary N) is 2. The monoisotopic (exact) mass is 812 g/mol. The van der Waals surface area contributed by atoms with Crippen molar-refractivity contribution < 1.29 is 45.5 Å². The third-order valence-electron chi connectivity index (χ3n) is 9.05. The lowest BCUT2D eigenvalue weighted by molar-refractivity contribution is -0.163. The summed E-state index contributed by atoms with van der Waals surface area (Å²) < 4.78 is 84.4. The van der Waals surface area contributed by atoms with Gasteiger partial charge >= 0.3 is 12.3 Å². The number of aliphatic hydroxyl groups is 1.